The molecule has 42 heavy (non-hydrogen) atoms. The molecule has 0 aliphatic heterocycles. The quantitative estimate of drug-likeness (QED) is 0.111. The molecule has 0 unspecified atom stereocenters. The average molecular weight is 642 g/mol. The SMILES string of the molecule is CCO[Si](CCCN(C)c1ccc(N=Nc2cc(S(=O)(=O)O)cc3cc(S(=O)(=O)O)cc(O)c23)cc1)(OCC)OCC. The van der Waals surface area contributed by atoms with Gasteiger partial charge < -0.3 is 23.3 Å². The van der Waals surface area contributed by atoms with Crippen LogP contribution in [-0.4, -0.2) is 73.3 Å². The molecule has 0 aliphatic carbocycles. The highest BCUT2D eigenvalue weighted by atomic mass is 32.2. The monoisotopic (exact) mass is 641 g/mol. The van der Waals surface area contributed by atoms with Crippen LogP contribution < -0.4 is 4.90 Å². The van der Waals surface area contributed by atoms with Crippen LogP contribution >= 0.6 is 0 Å². The Morgan fingerprint density at radius 1 is 0.810 bits per heavy atom. The summed E-state index contributed by atoms with van der Waals surface area (Å²) in [6.07, 6.45) is 0.782. The largest absolute Gasteiger partial charge is 0.507 e. The second-order valence-corrected chi connectivity index (χ2v) is 14.7. The van der Waals surface area contributed by atoms with Gasteiger partial charge in [-0.15, -0.1) is 5.11 Å². The van der Waals surface area contributed by atoms with E-state index in [1.54, 1.807) is 12.1 Å². The standard InChI is InChI=1S/C26H35N3O10S2Si/c1-5-37-42(38-6-2,39-7-3)14-8-13-29(4)21-11-9-20(10-12-21)27-28-24-17-22(40(31,32)33)15-19-16-23(41(34,35)36)18-25(30)26(19)24/h9-12,15-18,30H,5-8,13-14H2,1-4H3,(H,31,32,33)(H,34,35,36). The number of aromatic hydroxyl groups is 1. The molecule has 0 saturated heterocycles. The van der Waals surface area contributed by atoms with Crippen LogP contribution in [0.2, 0.25) is 6.04 Å². The molecule has 0 aromatic heterocycles. The Kier molecular flexibility index (Phi) is 11.2. The highest BCUT2D eigenvalue weighted by molar-refractivity contribution is 7.86. The van der Waals surface area contributed by atoms with Crippen molar-refractivity contribution in [3.63, 3.8) is 0 Å². The Morgan fingerprint density at radius 3 is 1.83 bits per heavy atom. The Hall–Kier alpha value is -2.96. The molecule has 13 nitrogen and oxygen atoms in total. The second-order valence-electron chi connectivity index (χ2n) is 9.16. The van der Waals surface area contributed by atoms with Crippen molar-refractivity contribution in [3.8, 4) is 5.75 Å². The molecule has 230 valence electrons. The molecule has 0 saturated carbocycles. The number of hydrogen-bond donors (Lipinski definition) is 3. The van der Waals surface area contributed by atoms with Crippen LogP contribution in [0.15, 0.2) is 68.6 Å². The number of rotatable bonds is 15. The van der Waals surface area contributed by atoms with Crippen LogP contribution in [0.1, 0.15) is 27.2 Å². The van der Waals surface area contributed by atoms with Gasteiger partial charge in [0.05, 0.1) is 26.6 Å². The Labute approximate surface area is 246 Å². The van der Waals surface area contributed by atoms with E-state index in [9.17, 15) is 31.0 Å². The lowest BCUT2D eigenvalue weighted by molar-refractivity contribution is 0.0709. The van der Waals surface area contributed by atoms with E-state index in [2.05, 4.69) is 15.1 Å². The molecule has 0 fully saturated rings. The normalized spacial score (nSPS) is 12.8. The summed E-state index contributed by atoms with van der Waals surface area (Å²) in [6, 6.07) is 11.4. The van der Waals surface area contributed by atoms with E-state index in [1.807, 2.05) is 40.0 Å². The first-order valence-corrected chi connectivity index (χ1v) is 17.9. The van der Waals surface area contributed by atoms with Crippen molar-refractivity contribution in [2.45, 2.75) is 43.0 Å². The van der Waals surface area contributed by atoms with Crippen molar-refractivity contribution < 1.29 is 44.3 Å². The van der Waals surface area contributed by atoms with Crippen LogP contribution in [-0.2, 0) is 33.5 Å². The van der Waals surface area contributed by atoms with E-state index in [4.69, 9.17) is 13.3 Å². The fraction of sp³-hybridized carbons (Fsp3) is 0.385. The van der Waals surface area contributed by atoms with Crippen LogP contribution in [0, 0.1) is 0 Å². The first-order chi connectivity index (χ1) is 19.7. The van der Waals surface area contributed by atoms with Gasteiger partial charge in [0.25, 0.3) is 20.2 Å². The number of phenolic OH excluding ortho intramolecular Hbond substituents is 1. The highest BCUT2D eigenvalue weighted by Gasteiger charge is 2.39. The number of nitrogens with zero attached hydrogens (tertiary/aromatic N) is 3. The molecular weight excluding hydrogens is 607 g/mol. The zero-order chi connectivity index (χ0) is 31.1. The van der Waals surface area contributed by atoms with E-state index >= 15 is 0 Å². The molecule has 16 heteroatoms. The van der Waals surface area contributed by atoms with Gasteiger partial charge in [0, 0.05) is 51.2 Å². The van der Waals surface area contributed by atoms with Crippen molar-refractivity contribution >= 4 is 56.9 Å². The molecule has 3 rings (SSSR count). The van der Waals surface area contributed by atoms with Crippen LogP contribution in [0.4, 0.5) is 17.1 Å². The minimum absolute atomic E-state index is 0.0271. The van der Waals surface area contributed by atoms with E-state index < -0.39 is 44.6 Å². The lowest BCUT2D eigenvalue weighted by Crippen LogP contribution is -2.46. The summed E-state index contributed by atoms with van der Waals surface area (Å²) in [5, 5.41) is 18.5. The van der Waals surface area contributed by atoms with Gasteiger partial charge in [-0.25, -0.2) is 0 Å². The number of fused-ring (bicyclic) bond motifs is 1. The third kappa shape index (κ3) is 8.54. The lowest BCUT2D eigenvalue weighted by Gasteiger charge is -2.29. The Balaban J connectivity index is 1.82. The van der Waals surface area contributed by atoms with E-state index in [0.717, 1.165) is 36.4 Å². The molecule has 0 spiro atoms. The zero-order valence-electron chi connectivity index (χ0n) is 23.7. The minimum Gasteiger partial charge on any atom is -0.507 e. The van der Waals surface area contributed by atoms with Crippen molar-refractivity contribution in [1.82, 2.24) is 0 Å². The molecule has 3 aromatic carbocycles. The molecule has 0 atom stereocenters. The van der Waals surface area contributed by atoms with E-state index in [1.165, 1.54) is 0 Å². The first-order valence-electron chi connectivity index (χ1n) is 13.1. The Morgan fingerprint density at radius 2 is 1.33 bits per heavy atom. The van der Waals surface area contributed by atoms with Crippen molar-refractivity contribution in [3.05, 3.63) is 48.5 Å². The van der Waals surface area contributed by atoms with Gasteiger partial charge in [0.1, 0.15) is 5.75 Å². The first kappa shape index (κ1) is 33.5. The van der Waals surface area contributed by atoms with Gasteiger partial charge in [-0.1, -0.05) is 0 Å². The third-order valence-electron chi connectivity index (χ3n) is 6.18. The average Bonchev–Trinajstić information content (AvgIpc) is 2.91. The second kappa shape index (κ2) is 14.0. The van der Waals surface area contributed by atoms with Crippen molar-refractivity contribution in [1.29, 1.82) is 0 Å². The lowest BCUT2D eigenvalue weighted by atomic mass is 10.1. The number of phenols is 1. The fourth-order valence-corrected chi connectivity index (χ4v) is 8.01. The molecule has 3 aromatic rings. The summed E-state index contributed by atoms with van der Waals surface area (Å²) in [7, 11) is -10.2. The van der Waals surface area contributed by atoms with Crippen LogP contribution in [0.5, 0.6) is 5.75 Å². The maximum absolute atomic E-state index is 11.8. The third-order valence-corrected chi connectivity index (χ3v) is 11.0. The molecule has 0 heterocycles. The predicted molar refractivity (Wildman–Crippen MR) is 159 cm³/mol. The number of hydrogen-bond acceptors (Lipinski definition) is 11. The van der Waals surface area contributed by atoms with E-state index in [-0.39, 0.29) is 16.5 Å². The molecular formula is C26H35N3O10S2Si. The van der Waals surface area contributed by atoms with Gasteiger partial charge in [-0.05, 0) is 75.0 Å². The molecule has 0 bridgehead atoms. The fourth-order valence-electron chi connectivity index (χ4n) is 4.34. The van der Waals surface area contributed by atoms with Gasteiger partial charge in [0.2, 0.25) is 0 Å². The van der Waals surface area contributed by atoms with E-state index in [0.29, 0.717) is 38.1 Å². The molecule has 3 N–H and O–H groups in total. The summed E-state index contributed by atoms with van der Waals surface area (Å²) < 4.78 is 83.5. The number of anilines is 1. The van der Waals surface area contributed by atoms with Gasteiger partial charge in [-0.3, -0.25) is 9.11 Å². The summed E-state index contributed by atoms with van der Waals surface area (Å²) in [4.78, 5) is 0.792. The summed E-state index contributed by atoms with van der Waals surface area (Å²) in [6.45, 7) is 8.00. The van der Waals surface area contributed by atoms with Gasteiger partial charge in [-0.2, -0.15) is 21.9 Å². The topological polar surface area (TPSA) is 185 Å². The smallest absolute Gasteiger partial charge is 0.500 e. The van der Waals surface area contributed by atoms with Crippen molar-refractivity contribution in [2.75, 3.05) is 38.3 Å². The molecule has 0 aliphatic rings. The maximum Gasteiger partial charge on any atom is 0.500 e. The maximum atomic E-state index is 11.8. The summed E-state index contributed by atoms with van der Waals surface area (Å²) in [5.74, 6) is -0.585. The van der Waals surface area contributed by atoms with Gasteiger partial charge >= 0.3 is 8.80 Å². The van der Waals surface area contributed by atoms with Crippen LogP contribution in [0.3, 0.4) is 0 Å². The Bertz CT molecular complexity index is 1610. The molecule has 0 amide bonds. The van der Waals surface area contributed by atoms with Gasteiger partial charge in [0.15, 0.2) is 0 Å². The van der Waals surface area contributed by atoms with Crippen LogP contribution in [0.25, 0.3) is 10.8 Å². The number of azo groups is 1. The summed E-state index contributed by atoms with van der Waals surface area (Å²) in [5.41, 5.74) is 1.16. The summed E-state index contributed by atoms with van der Waals surface area (Å²) >= 11 is 0. The highest BCUT2D eigenvalue weighted by Crippen LogP contribution is 2.39. The zero-order valence-corrected chi connectivity index (χ0v) is 26.4. The number of benzene rings is 3. The predicted octanol–water partition coefficient (Wildman–Crippen LogP) is 5.33. The van der Waals surface area contributed by atoms with Crippen molar-refractivity contribution in [2.24, 2.45) is 10.2 Å². The minimum atomic E-state index is -4.73. The molecule has 0 radical (unpaired) electrons.